The Balaban J connectivity index is -0.000000000833. The second-order valence-electron chi connectivity index (χ2n) is 0. The molecule has 0 amide bonds. The molecule has 0 aliphatic carbocycles. The summed E-state index contributed by atoms with van der Waals surface area (Å²) in [5, 5.41) is 0. The van der Waals surface area contributed by atoms with Crippen molar-refractivity contribution in [2.45, 2.75) is 0 Å². The van der Waals surface area contributed by atoms with Crippen molar-refractivity contribution in [3.8, 4) is 0 Å². The average molecular weight is 278 g/mol. The van der Waals surface area contributed by atoms with E-state index >= 15 is 0 Å². The van der Waals surface area contributed by atoms with Crippen LogP contribution >= 0.6 is 0 Å². The first-order chi connectivity index (χ1) is 1.00. The molecule has 0 saturated heterocycles. The molecule has 0 rings (SSSR count). The van der Waals surface area contributed by atoms with E-state index in [9.17, 15) is 0 Å². The van der Waals surface area contributed by atoms with Gasteiger partial charge >= 0.3 is 0 Å². The molecule has 0 spiro atoms. The second-order valence-corrected chi connectivity index (χ2v) is 0. The maximum atomic E-state index is 3.67. The zero-order valence-corrected chi connectivity index (χ0v) is 10.3. The van der Waals surface area contributed by atoms with E-state index in [1.807, 2.05) is 0 Å². The summed E-state index contributed by atoms with van der Waals surface area (Å²) in [5.74, 6) is 0. The summed E-state index contributed by atoms with van der Waals surface area (Å²) in [6.07, 6.45) is 0. The molecule has 6 heteroatoms. The Labute approximate surface area is 97.8 Å². The van der Waals surface area contributed by atoms with Gasteiger partial charge in [-0.3, -0.25) is 0 Å². The molecule has 0 aliphatic heterocycles. The van der Waals surface area contributed by atoms with Gasteiger partial charge in [-0.15, -0.1) is 0 Å². The van der Waals surface area contributed by atoms with E-state index in [-0.39, 0.29) is 76.4 Å². The number of hydrogen-bond acceptors (Lipinski definition) is 2. The van der Waals surface area contributed by atoms with E-state index in [2.05, 4.69) is 23.3 Å². The molecule has 0 aromatic heterocycles. The van der Waals surface area contributed by atoms with Gasteiger partial charge in [-0.2, -0.15) is 0 Å². The van der Waals surface area contributed by atoms with E-state index in [0.29, 0.717) is 0 Å². The molecular weight excluding hydrogens is 274 g/mol. The van der Waals surface area contributed by atoms with Crippen LogP contribution in [-0.4, -0.2) is 11.0 Å². The van der Waals surface area contributed by atoms with Crippen LogP contribution in [0.3, 0.4) is 0 Å². The van der Waals surface area contributed by atoms with Crippen LogP contribution in [0.2, 0.25) is 0 Å². The third kappa shape index (κ3) is 29.0. The van der Waals surface area contributed by atoms with Crippen molar-refractivity contribution in [2.75, 3.05) is 0 Å². The Hall–Kier alpha value is 2.83. The van der Waals surface area contributed by atoms with Crippen LogP contribution in [-0.2, 0) is 88.7 Å². The van der Waals surface area contributed by atoms with Gasteiger partial charge in [0.25, 0.3) is 0 Å². The summed E-state index contributed by atoms with van der Waals surface area (Å²) in [6, 6.07) is 0. The quantitative estimate of drug-likeness (QED) is 0.393. The maximum Gasteiger partial charge on any atom is 0 e. The summed E-state index contributed by atoms with van der Waals surface area (Å²) in [5.41, 5.74) is 0. The van der Waals surface area contributed by atoms with Crippen molar-refractivity contribution in [3.63, 3.8) is 0 Å². The SMILES string of the molecule is O.O.[S-][S-].[Y].[Y]. The molecule has 6 heavy (non-hydrogen) atoms. The van der Waals surface area contributed by atoms with Crippen LogP contribution in [0.5, 0.6) is 0 Å². The van der Waals surface area contributed by atoms with Gasteiger partial charge in [0.05, 0.1) is 0 Å². The number of hydrogen-bond donors (Lipinski definition) is 0. The van der Waals surface area contributed by atoms with Crippen LogP contribution in [0, 0.1) is 0 Å². The van der Waals surface area contributed by atoms with Gasteiger partial charge in [0.2, 0.25) is 0 Å². The fraction of sp³-hybridized carbons (Fsp3) is 0. The minimum absolute atomic E-state index is 0. The van der Waals surface area contributed by atoms with Gasteiger partial charge < -0.3 is 34.3 Å². The van der Waals surface area contributed by atoms with Gasteiger partial charge in [0.1, 0.15) is 0 Å². The molecule has 2 nitrogen and oxygen atoms in total. The molecule has 2 radical (unpaired) electrons. The topological polar surface area (TPSA) is 63.0 Å². The largest absolute Gasteiger partial charge is 1.00 e. The summed E-state index contributed by atoms with van der Waals surface area (Å²) in [6.45, 7) is 0. The Kier molecular flexibility index (Phi) is 281. The zero-order chi connectivity index (χ0) is 2.00. The van der Waals surface area contributed by atoms with E-state index in [1.54, 1.807) is 0 Å². The molecule has 0 fully saturated rings. The van der Waals surface area contributed by atoms with Gasteiger partial charge in [0, 0.05) is 65.4 Å². The summed E-state index contributed by atoms with van der Waals surface area (Å²) in [4.78, 5) is 0. The molecule has 0 saturated carbocycles. The second kappa shape index (κ2) is 45.6. The maximum absolute atomic E-state index is 3.67. The number of rotatable bonds is 0. The van der Waals surface area contributed by atoms with Crippen LogP contribution in [0.15, 0.2) is 0 Å². The average Bonchev–Trinajstić information content (AvgIpc) is 1.00. The zero-order valence-electron chi connectivity index (χ0n) is 2.97. The third-order valence-corrected chi connectivity index (χ3v) is 0. The van der Waals surface area contributed by atoms with E-state index in [0.717, 1.165) is 0 Å². The summed E-state index contributed by atoms with van der Waals surface area (Å²) >= 11 is 7.33. The molecule has 0 heterocycles. The molecule has 0 atom stereocenters. The molecule has 0 aliphatic rings. The molecule has 4 N–H and O–H groups in total. The Bertz CT molecular complexity index is 9.51. The van der Waals surface area contributed by atoms with E-state index < -0.39 is 0 Å². The van der Waals surface area contributed by atoms with Crippen LogP contribution in [0.25, 0.3) is 0 Å². The van der Waals surface area contributed by atoms with Gasteiger partial charge in [-0.25, -0.2) is 0 Å². The predicted molar refractivity (Wildman–Crippen MR) is 22.0 cm³/mol. The molecule has 0 aromatic rings. The first-order valence-electron chi connectivity index (χ1n) is 0.167. The molecule has 0 aromatic carbocycles. The molecule has 36 valence electrons. The fourth-order valence-electron chi connectivity index (χ4n) is 0. The standard InChI is InChI=1S/2H2O.S2.2Y/c;;1-2;;/h2*1H2;;;/q;;-2;;. The van der Waals surface area contributed by atoms with E-state index in [1.165, 1.54) is 0 Å². The summed E-state index contributed by atoms with van der Waals surface area (Å²) < 4.78 is 0. The van der Waals surface area contributed by atoms with Gasteiger partial charge in [0.15, 0.2) is 0 Å². The van der Waals surface area contributed by atoms with Crippen molar-refractivity contribution < 1.29 is 76.4 Å². The Morgan fingerprint density at radius 1 is 0.667 bits per heavy atom. The fourth-order valence-corrected chi connectivity index (χ4v) is 0. The van der Waals surface area contributed by atoms with Crippen molar-refractivity contribution >= 4 is 23.3 Å². The minimum atomic E-state index is 0. The predicted octanol–water partition coefficient (Wildman–Crippen LogP) is -1.66. The van der Waals surface area contributed by atoms with Crippen LogP contribution < -0.4 is 0 Å². The normalized spacial score (nSPS) is 1.00. The first-order valence-corrected chi connectivity index (χ1v) is 1.50. The van der Waals surface area contributed by atoms with Crippen molar-refractivity contribution in [1.82, 2.24) is 0 Å². The first kappa shape index (κ1) is 36.9. The van der Waals surface area contributed by atoms with E-state index in [4.69, 9.17) is 0 Å². The van der Waals surface area contributed by atoms with Crippen LogP contribution in [0.1, 0.15) is 0 Å². The van der Waals surface area contributed by atoms with Crippen molar-refractivity contribution in [1.29, 1.82) is 0 Å². The Morgan fingerprint density at radius 2 is 0.667 bits per heavy atom. The molecular formula is H4O2S2Y2-2. The monoisotopic (exact) mass is 278 g/mol. The summed E-state index contributed by atoms with van der Waals surface area (Å²) in [7, 11) is 0. The van der Waals surface area contributed by atoms with Crippen molar-refractivity contribution in [3.05, 3.63) is 0 Å². The minimum Gasteiger partial charge on any atom is -1.00 e. The third-order valence-electron chi connectivity index (χ3n) is 0. The molecule has 0 bridgehead atoms. The van der Waals surface area contributed by atoms with Crippen LogP contribution in [0.4, 0.5) is 0 Å². The molecule has 0 unspecified atom stereocenters. The van der Waals surface area contributed by atoms with Crippen molar-refractivity contribution in [2.24, 2.45) is 0 Å². The smallest absolute Gasteiger partial charge is 0 e. The van der Waals surface area contributed by atoms with Gasteiger partial charge in [-0.1, -0.05) is 0 Å². The Morgan fingerprint density at radius 3 is 0.667 bits per heavy atom. The van der Waals surface area contributed by atoms with Gasteiger partial charge in [-0.05, 0) is 0 Å².